The Morgan fingerprint density at radius 1 is 0.971 bits per heavy atom. The number of hydrogen-bond acceptors (Lipinski definition) is 4. The van der Waals surface area contributed by atoms with E-state index in [0.29, 0.717) is 24.2 Å². The summed E-state index contributed by atoms with van der Waals surface area (Å²) < 4.78 is 2.11. The van der Waals surface area contributed by atoms with Gasteiger partial charge in [-0.3, -0.25) is 4.79 Å². The molecule has 0 aliphatic carbocycles. The zero-order valence-corrected chi connectivity index (χ0v) is 20.2. The van der Waals surface area contributed by atoms with Gasteiger partial charge in [0, 0.05) is 50.9 Å². The van der Waals surface area contributed by atoms with Crippen LogP contribution in [0.2, 0.25) is 0 Å². The van der Waals surface area contributed by atoms with Crippen LogP contribution in [0.1, 0.15) is 32.9 Å². The first-order valence-corrected chi connectivity index (χ1v) is 12.1. The second kappa shape index (κ2) is 9.63. The van der Waals surface area contributed by atoms with Crippen molar-refractivity contribution in [3.8, 4) is 6.07 Å². The van der Waals surface area contributed by atoms with Gasteiger partial charge in [-0.05, 0) is 60.9 Å². The van der Waals surface area contributed by atoms with Gasteiger partial charge in [0.15, 0.2) is 0 Å². The molecule has 0 saturated carbocycles. The molecule has 0 radical (unpaired) electrons. The van der Waals surface area contributed by atoms with Gasteiger partial charge >= 0.3 is 0 Å². The molecule has 5 rings (SSSR count). The van der Waals surface area contributed by atoms with Crippen molar-refractivity contribution in [2.24, 2.45) is 7.05 Å². The van der Waals surface area contributed by atoms with Gasteiger partial charge < -0.3 is 14.4 Å². The monoisotopic (exact) mass is 463 g/mol. The summed E-state index contributed by atoms with van der Waals surface area (Å²) in [4.78, 5) is 22.4. The van der Waals surface area contributed by atoms with Crippen LogP contribution in [0.15, 0.2) is 66.7 Å². The van der Waals surface area contributed by atoms with Gasteiger partial charge in [0.25, 0.3) is 5.91 Å². The van der Waals surface area contributed by atoms with Crippen LogP contribution in [0.25, 0.3) is 11.0 Å². The van der Waals surface area contributed by atoms with Gasteiger partial charge in [-0.2, -0.15) is 5.26 Å². The Labute approximate surface area is 206 Å². The van der Waals surface area contributed by atoms with E-state index in [2.05, 4.69) is 46.7 Å². The summed E-state index contributed by atoms with van der Waals surface area (Å²) in [6, 6.07) is 24.1. The third-order valence-corrected chi connectivity index (χ3v) is 6.96. The van der Waals surface area contributed by atoms with Crippen molar-refractivity contribution >= 4 is 22.6 Å². The number of carbonyl (C=O) groups is 1. The first-order chi connectivity index (χ1) is 17.0. The van der Waals surface area contributed by atoms with Crippen LogP contribution in [0.4, 0.5) is 5.69 Å². The molecule has 1 fully saturated rings. The Bertz CT molecular complexity index is 1410. The zero-order valence-electron chi connectivity index (χ0n) is 20.2. The van der Waals surface area contributed by atoms with Crippen LogP contribution in [0.5, 0.6) is 0 Å². The van der Waals surface area contributed by atoms with E-state index in [1.807, 2.05) is 54.4 Å². The van der Waals surface area contributed by atoms with Crippen LogP contribution >= 0.6 is 0 Å². The average molecular weight is 464 g/mol. The number of carbonyl (C=O) groups excluding carboxylic acids is 1. The highest BCUT2D eigenvalue weighted by Gasteiger charge is 2.23. The molecule has 6 nitrogen and oxygen atoms in total. The predicted molar refractivity (Wildman–Crippen MR) is 139 cm³/mol. The van der Waals surface area contributed by atoms with Gasteiger partial charge in [-0.25, -0.2) is 4.98 Å². The van der Waals surface area contributed by atoms with Crippen LogP contribution in [-0.2, 0) is 19.9 Å². The van der Waals surface area contributed by atoms with Gasteiger partial charge in [0.1, 0.15) is 5.82 Å². The molecule has 0 bridgehead atoms. The predicted octanol–water partition coefficient (Wildman–Crippen LogP) is 4.50. The number of amides is 1. The summed E-state index contributed by atoms with van der Waals surface area (Å²) in [7, 11) is 2.02. The standard InChI is InChI=1S/C29H29N5O/c1-21-5-3-4-6-26(21)33-15-17-34(18-16-33)29(35)24-12-13-27-25(19-24)31-28(32(27)2)14-11-22-7-9-23(20-30)10-8-22/h3-10,12-13,19H,11,14-18H2,1-2H3. The second-order valence-electron chi connectivity index (χ2n) is 9.17. The van der Waals surface area contributed by atoms with Crippen LogP contribution < -0.4 is 4.90 Å². The molecule has 2 heterocycles. The summed E-state index contributed by atoms with van der Waals surface area (Å²) in [6.45, 7) is 5.23. The molecule has 0 atom stereocenters. The van der Waals surface area contributed by atoms with E-state index in [9.17, 15) is 4.79 Å². The molecule has 6 heteroatoms. The van der Waals surface area contributed by atoms with E-state index in [0.717, 1.165) is 42.8 Å². The van der Waals surface area contributed by atoms with E-state index in [1.54, 1.807) is 0 Å². The number of imidazole rings is 1. The third-order valence-electron chi connectivity index (χ3n) is 6.96. The molecule has 1 saturated heterocycles. The lowest BCUT2D eigenvalue weighted by Crippen LogP contribution is -2.49. The smallest absolute Gasteiger partial charge is 0.254 e. The number of aryl methyl sites for hydroxylation is 4. The lowest BCUT2D eigenvalue weighted by molar-refractivity contribution is 0.0747. The van der Waals surface area contributed by atoms with E-state index in [4.69, 9.17) is 10.2 Å². The fraction of sp³-hybridized carbons (Fsp3) is 0.276. The highest BCUT2D eigenvalue weighted by molar-refractivity contribution is 5.97. The van der Waals surface area contributed by atoms with Crippen molar-refractivity contribution in [3.05, 3.63) is 94.8 Å². The van der Waals surface area contributed by atoms with E-state index in [1.165, 1.54) is 16.8 Å². The van der Waals surface area contributed by atoms with Crippen LogP contribution in [0.3, 0.4) is 0 Å². The summed E-state index contributed by atoms with van der Waals surface area (Å²) in [5, 5.41) is 8.97. The maximum Gasteiger partial charge on any atom is 0.254 e. The first kappa shape index (κ1) is 22.7. The quantitative estimate of drug-likeness (QED) is 0.437. The van der Waals surface area contributed by atoms with Crippen LogP contribution in [0, 0.1) is 18.3 Å². The van der Waals surface area contributed by atoms with Crippen molar-refractivity contribution < 1.29 is 4.79 Å². The van der Waals surface area contributed by atoms with E-state index < -0.39 is 0 Å². The number of fused-ring (bicyclic) bond motifs is 1. The molecule has 4 aromatic rings. The zero-order chi connectivity index (χ0) is 24.4. The number of para-hydroxylation sites is 1. The lowest BCUT2D eigenvalue weighted by Gasteiger charge is -2.36. The van der Waals surface area contributed by atoms with Gasteiger partial charge in [0.2, 0.25) is 0 Å². The number of hydrogen-bond donors (Lipinski definition) is 0. The van der Waals surface area contributed by atoms with Crippen LogP contribution in [-0.4, -0.2) is 46.5 Å². The fourth-order valence-electron chi connectivity index (χ4n) is 4.86. The SMILES string of the molecule is Cc1ccccc1N1CCN(C(=O)c2ccc3c(c2)nc(CCc2ccc(C#N)cc2)n3C)CC1. The number of rotatable bonds is 5. The van der Waals surface area contributed by atoms with Gasteiger partial charge in [-0.1, -0.05) is 30.3 Å². The Morgan fingerprint density at radius 3 is 2.43 bits per heavy atom. The lowest BCUT2D eigenvalue weighted by atomic mass is 10.1. The molecule has 1 aromatic heterocycles. The van der Waals surface area contributed by atoms with Crippen molar-refractivity contribution in [3.63, 3.8) is 0 Å². The molecule has 35 heavy (non-hydrogen) atoms. The summed E-state index contributed by atoms with van der Waals surface area (Å²) in [5.41, 5.74) is 6.94. The van der Waals surface area contributed by atoms with Crippen molar-refractivity contribution in [1.29, 1.82) is 5.26 Å². The normalized spacial score (nSPS) is 13.7. The number of piperazine rings is 1. The maximum atomic E-state index is 13.3. The largest absolute Gasteiger partial charge is 0.368 e. The maximum absolute atomic E-state index is 13.3. The van der Waals surface area contributed by atoms with E-state index >= 15 is 0 Å². The fourth-order valence-corrected chi connectivity index (χ4v) is 4.86. The Balaban J connectivity index is 1.26. The number of anilines is 1. The van der Waals surface area contributed by atoms with Crippen molar-refractivity contribution in [2.75, 3.05) is 31.1 Å². The molecule has 1 aliphatic heterocycles. The summed E-state index contributed by atoms with van der Waals surface area (Å²) in [6.07, 6.45) is 1.64. The molecule has 1 amide bonds. The minimum absolute atomic E-state index is 0.0705. The number of nitrogens with zero attached hydrogens (tertiary/aromatic N) is 5. The van der Waals surface area contributed by atoms with Gasteiger partial charge in [0.05, 0.1) is 22.7 Å². The Kier molecular flexibility index (Phi) is 6.24. The Hall–Kier alpha value is -4.11. The van der Waals surface area contributed by atoms with Crippen molar-refractivity contribution in [2.45, 2.75) is 19.8 Å². The van der Waals surface area contributed by atoms with Gasteiger partial charge in [-0.15, -0.1) is 0 Å². The van der Waals surface area contributed by atoms with Crippen molar-refractivity contribution in [1.82, 2.24) is 14.5 Å². The minimum Gasteiger partial charge on any atom is -0.368 e. The highest BCUT2D eigenvalue weighted by Crippen LogP contribution is 2.23. The number of nitriles is 1. The molecule has 1 aliphatic rings. The highest BCUT2D eigenvalue weighted by atomic mass is 16.2. The summed E-state index contributed by atoms with van der Waals surface area (Å²) >= 11 is 0. The molecule has 176 valence electrons. The topological polar surface area (TPSA) is 65.2 Å². The minimum atomic E-state index is 0.0705. The molecule has 0 N–H and O–H groups in total. The molecular weight excluding hydrogens is 434 g/mol. The summed E-state index contributed by atoms with van der Waals surface area (Å²) in [5.74, 6) is 1.06. The molecule has 3 aromatic carbocycles. The molecular formula is C29H29N5O. The first-order valence-electron chi connectivity index (χ1n) is 12.1. The third kappa shape index (κ3) is 4.63. The Morgan fingerprint density at radius 2 is 1.71 bits per heavy atom. The second-order valence-corrected chi connectivity index (χ2v) is 9.17. The molecule has 0 unspecified atom stereocenters. The van der Waals surface area contributed by atoms with E-state index in [-0.39, 0.29) is 5.91 Å². The number of aromatic nitrogens is 2. The molecule has 0 spiro atoms. The number of benzene rings is 3. The average Bonchev–Trinajstić information content (AvgIpc) is 3.22.